The topological polar surface area (TPSA) is 56.3 Å². The van der Waals surface area contributed by atoms with Gasteiger partial charge in [0.2, 0.25) is 0 Å². The van der Waals surface area contributed by atoms with Crippen LogP contribution in [-0.2, 0) is 0 Å². The highest BCUT2D eigenvalue weighted by Gasteiger charge is 2.34. The SMILES string of the molecule is C[C@@H]1CN([C@H](C)CO)C(=O)c2cccc(N(C)C)c2O[C@H]1CN(C)C. The van der Waals surface area contributed by atoms with Crippen LogP contribution in [0.15, 0.2) is 18.2 Å². The van der Waals surface area contributed by atoms with Gasteiger partial charge in [0.25, 0.3) is 5.91 Å². The fourth-order valence-electron chi connectivity index (χ4n) is 3.16. The van der Waals surface area contributed by atoms with Crippen LogP contribution in [0.4, 0.5) is 5.69 Å². The fourth-order valence-corrected chi connectivity index (χ4v) is 3.16. The van der Waals surface area contributed by atoms with E-state index in [-0.39, 0.29) is 30.6 Å². The molecule has 1 aromatic carbocycles. The minimum absolute atomic E-state index is 0.0451. The Hall–Kier alpha value is -1.79. The van der Waals surface area contributed by atoms with Gasteiger partial charge in [-0.3, -0.25) is 4.79 Å². The van der Waals surface area contributed by atoms with Crippen molar-refractivity contribution in [1.82, 2.24) is 9.80 Å². The molecule has 0 spiro atoms. The number of para-hydroxylation sites is 1. The van der Waals surface area contributed by atoms with Gasteiger partial charge in [0.15, 0.2) is 5.75 Å². The second-order valence-electron chi connectivity index (χ2n) is 7.43. The van der Waals surface area contributed by atoms with Gasteiger partial charge in [-0.15, -0.1) is 0 Å². The predicted octanol–water partition coefficient (Wildman–Crippen LogP) is 1.53. The number of hydrogen-bond acceptors (Lipinski definition) is 5. The normalized spacial score (nSPS) is 22.1. The number of carbonyl (C=O) groups is 1. The smallest absolute Gasteiger partial charge is 0.258 e. The Bertz CT molecular complexity index is 604. The molecule has 0 radical (unpaired) electrons. The standard InChI is InChI=1S/C19H31N3O3/c1-13-10-22(14(2)12-23)19(24)15-8-7-9-16(21(5)6)18(15)25-17(13)11-20(3)4/h7-9,13-14,17,23H,10-12H2,1-6H3/t13-,14-,17+/m1/s1. The van der Waals surface area contributed by atoms with Crippen LogP contribution in [0.5, 0.6) is 5.75 Å². The molecule has 1 aliphatic rings. The zero-order valence-electron chi connectivity index (χ0n) is 16.2. The molecule has 6 nitrogen and oxygen atoms in total. The molecular formula is C19H31N3O3. The number of anilines is 1. The first kappa shape index (κ1) is 19.5. The predicted molar refractivity (Wildman–Crippen MR) is 100 cm³/mol. The molecule has 3 atom stereocenters. The minimum Gasteiger partial charge on any atom is -0.486 e. The molecule has 0 fully saturated rings. The molecule has 0 saturated carbocycles. The fraction of sp³-hybridized carbons (Fsp3) is 0.632. The third-order valence-corrected chi connectivity index (χ3v) is 4.70. The quantitative estimate of drug-likeness (QED) is 0.874. The van der Waals surface area contributed by atoms with Gasteiger partial charge < -0.3 is 24.5 Å². The lowest BCUT2D eigenvalue weighted by Gasteiger charge is -2.38. The van der Waals surface area contributed by atoms with Gasteiger partial charge in [-0.05, 0) is 33.2 Å². The van der Waals surface area contributed by atoms with Crippen molar-refractivity contribution < 1.29 is 14.6 Å². The lowest BCUT2D eigenvalue weighted by atomic mass is 9.99. The average Bonchev–Trinajstić information content (AvgIpc) is 2.56. The van der Waals surface area contributed by atoms with Crippen LogP contribution in [0.2, 0.25) is 0 Å². The Balaban J connectivity index is 2.56. The molecule has 6 heteroatoms. The van der Waals surface area contributed by atoms with E-state index in [0.29, 0.717) is 17.9 Å². The molecule has 0 aromatic heterocycles. The van der Waals surface area contributed by atoms with Gasteiger partial charge in [-0.2, -0.15) is 0 Å². The summed E-state index contributed by atoms with van der Waals surface area (Å²) in [7, 11) is 7.93. The lowest BCUT2D eigenvalue weighted by Crippen LogP contribution is -2.49. The summed E-state index contributed by atoms with van der Waals surface area (Å²) < 4.78 is 6.39. The summed E-state index contributed by atoms with van der Waals surface area (Å²) in [6.45, 7) is 5.24. The minimum atomic E-state index is -0.232. The number of fused-ring (bicyclic) bond motifs is 1. The molecule has 0 aliphatic carbocycles. The molecule has 1 N–H and O–H groups in total. The van der Waals surface area contributed by atoms with Crippen molar-refractivity contribution in [2.75, 3.05) is 52.8 Å². The Labute approximate surface area is 151 Å². The number of benzene rings is 1. The molecule has 0 saturated heterocycles. The van der Waals surface area contributed by atoms with E-state index < -0.39 is 0 Å². The maximum Gasteiger partial charge on any atom is 0.258 e. The number of carbonyl (C=O) groups excluding carboxylic acids is 1. The number of nitrogens with zero attached hydrogens (tertiary/aromatic N) is 3. The van der Waals surface area contributed by atoms with Crippen molar-refractivity contribution in [3.63, 3.8) is 0 Å². The summed E-state index contributed by atoms with van der Waals surface area (Å²) in [5.74, 6) is 0.685. The van der Waals surface area contributed by atoms with E-state index in [4.69, 9.17) is 4.74 Å². The van der Waals surface area contributed by atoms with E-state index >= 15 is 0 Å². The summed E-state index contributed by atoms with van der Waals surface area (Å²) in [5, 5.41) is 9.61. The summed E-state index contributed by atoms with van der Waals surface area (Å²) >= 11 is 0. The molecule has 1 heterocycles. The largest absolute Gasteiger partial charge is 0.486 e. The van der Waals surface area contributed by atoms with Crippen LogP contribution >= 0.6 is 0 Å². The molecule has 0 bridgehead atoms. The number of ether oxygens (including phenoxy) is 1. The number of rotatable bonds is 5. The zero-order valence-corrected chi connectivity index (χ0v) is 16.2. The highest BCUT2D eigenvalue weighted by Crippen LogP contribution is 2.36. The number of likely N-dealkylation sites (N-methyl/N-ethyl adjacent to an activating group) is 1. The Morgan fingerprint density at radius 3 is 2.56 bits per heavy atom. The van der Waals surface area contributed by atoms with Crippen LogP contribution in [0.1, 0.15) is 24.2 Å². The van der Waals surface area contributed by atoms with Crippen LogP contribution in [0.25, 0.3) is 0 Å². The van der Waals surface area contributed by atoms with E-state index in [2.05, 4.69) is 11.8 Å². The Morgan fingerprint density at radius 1 is 1.32 bits per heavy atom. The van der Waals surface area contributed by atoms with Crippen molar-refractivity contribution in [2.45, 2.75) is 26.0 Å². The molecule has 25 heavy (non-hydrogen) atoms. The number of aliphatic hydroxyl groups is 1. The maximum absolute atomic E-state index is 13.1. The third-order valence-electron chi connectivity index (χ3n) is 4.70. The molecule has 1 aromatic rings. The average molecular weight is 349 g/mol. The summed E-state index contributed by atoms with van der Waals surface area (Å²) in [6, 6.07) is 5.42. The van der Waals surface area contributed by atoms with E-state index in [1.54, 1.807) is 4.90 Å². The summed E-state index contributed by atoms with van der Waals surface area (Å²) in [4.78, 5) is 19.0. The second kappa shape index (κ2) is 8.06. The summed E-state index contributed by atoms with van der Waals surface area (Å²) in [6.07, 6.45) is -0.0451. The van der Waals surface area contributed by atoms with Gasteiger partial charge in [0.1, 0.15) is 6.10 Å². The van der Waals surface area contributed by atoms with Gasteiger partial charge in [-0.25, -0.2) is 0 Å². The van der Waals surface area contributed by atoms with Crippen molar-refractivity contribution in [2.24, 2.45) is 5.92 Å². The molecule has 0 unspecified atom stereocenters. The van der Waals surface area contributed by atoms with Crippen molar-refractivity contribution in [3.8, 4) is 5.75 Å². The molecule has 1 amide bonds. The second-order valence-corrected chi connectivity index (χ2v) is 7.43. The highest BCUT2D eigenvalue weighted by atomic mass is 16.5. The number of aliphatic hydroxyl groups excluding tert-OH is 1. The molecule has 2 rings (SSSR count). The van der Waals surface area contributed by atoms with Crippen molar-refractivity contribution in [1.29, 1.82) is 0 Å². The monoisotopic (exact) mass is 349 g/mol. The molecule has 1 aliphatic heterocycles. The first-order valence-corrected chi connectivity index (χ1v) is 8.79. The first-order chi connectivity index (χ1) is 11.8. The van der Waals surface area contributed by atoms with Crippen molar-refractivity contribution >= 4 is 11.6 Å². The van der Waals surface area contributed by atoms with Crippen molar-refractivity contribution in [3.05, 3.63) is 23.8 Å². The van der Waals surface area contributed by atoms with Crippen LogP contribution < -0.4 is 9.64 Å². The van der Waals surface area contributed by atoms with Gasteiger partial charge in [0.05, 0.1) is 23.9 Å². The molecule has 140 valence electrons. The number of amides is 1. The van der Waals surface area contributed by atoms with E-state index in [9.17, 15) is 9.90 Å². The first-order valence-electron chi connectivity index (χ1n) is 8.79. The van der Waals surface area contributed by atoms with Crippen LogP contribution in [0.3, 0.4) is 0 Å². The summed E-state index contributed by atoms with van der Waals surface area (Å²) in [5.41, 5.74) is 1.45. The lowest BCUT2D eigenvalue weighted by molar-refractivity contribution is 0.0365. The Kier molecular flexibility index (Phi) is 6.30. The van der Waals surface area contributed by atoms with Gasteiger partial charge >= 0.3 is 0 Å². The highest BCUT2D eigenvalue weighted by molar-refractivity contribution is 5.99. The zero-order chi connectivity index (χ0) is 18.7. The molecular weight excluding hydrogens is 318 g/mol. The number of hydrogen-bond donors (Lipinski definition) is 1. The van der Waals surface area contributed by atoms with E-state index in [0.717, 1.165) is 12.2 Å². The van der Waals surface area contributed by atoms with E-state index in [1.165, 1.54) is 0 Å². The van der Waals surface area contributed by atoms with Crippen LogP contribution in [-0.4, -0.2) is 80.8 Å². The Morgan fingerprint density at radius 2 is 2.00 bits per heavy atom. The van der Waals surface area contributed by atoms with Gasteiger partial charge in [0, 0.05) is 33.1 Å². The van der Waals surface area contributed by atoms with E-state index in [1.807, 2.05) is 58.2 Å². The van der Waals surface area contributed by atoms with Crippen LogP contribution in [0, 0.1) is 5.92 Å². The third kappa shape index (κ3) is 4.25. The van der Waals surface area contributed by atoms with Gasteiger partial charge in [-0.1, -0.05) is 13.0 Å². The maximum atomic E-state index is 13.1.